The number of alkyl halides is 3. The normalized spacial score (nSPS) is 20.8. The molecule has 2 aliphatic rings. The van der Waals surface area contributed by atoms with E-state index >= 15 is 0 Å². The van der Waals surface area contributed by atoms with Crippen LogP contribution in [0.2, 0.25) is 0 Å². The second-order valence-electron chi connectivity index (χ2n) is 5.65. The van der Waals surface area contributed by atoms with Gasteiger partial charge in [0.2, 0.25) is 5.91 Å². The fourth-order valence-corrected chi connectivity index (χ4v) is 2.54. The predicted molar refractivity (Wildman–Crippen MR) is 68.2 cm³/mol. The summed E-state index contributed by atoms with van der Waals surface area (Å²) in [4.78, 5) is 15.8. The molecule has 0 bridgehead atoms. The number of carbonyl (C=O) groups excluding carboxylic acids is 1. The lowest BCUT2D eigenvalue weighted by atomic mass is 10.2. The fourth-order valence-electron chi connectivity index (χ4n) is 2.54. The first-order valence-corrected chi connectivity index (χ1v) is 7.06. The number of aromatic amines is 1. The smallest absolute Gasteiger partial charge is 0.340 e. The van der Waals surface area contributed by atoms with Gasteiger partial charge in [0.15, 0.2) is 5.69 Å². The molecular weight excluding hydrogens is 285 g/mol. The molecule has 0 unspecified atom stereocenters. The summed E-state index contributed by atoms with van der Waals surface area (Å²) in [5.74, 6) is 0.453. The van der Waals surface area contributed by atoms with Crippen LogP contribution in [0.3, 0.4) is 0 Å². The molecule has 1 N–H and O–H groups in total. The number of nitrogens with one attached hydrogen (secondary N) is 1. The highest BCUT2D eigenvalue weighted by atomic mass is 19.4. The lowest BCUT2D eigenvalue weighted by molar-refractivity contribution is -0.141. The molecule has 1 saturated carbocycles. The molecule has 1 amide bonds. The fraction of sp³-hybridized carbons (Fsp3) is 0.692. The summed E-state index contributed by atoms with van der Waals surface area (Å²) in [6, 6.07) is 1.04. The minimum Gasteiger partial charge on any atom is -0.340 e. The summed E-state index contributed by atoms with van der Waals surface area (Å²) in [5.41, 5.74) is -0.440. The Hall–Kier alpha value is -1.57. The number of nitrogens with zero attached hydrogens (tertiary/aromatic N) is 3. The molecule has 1 aliphatic heterocycles. The molecule has 8 heteroatoms. The van der Waals surface area contributed by atoms with E-state index in [1.807, 2.05) is 9.80 Å². The number of aromatic nitrogens is 2. The Morgan fingerprint density at radius 3 is 2.48 bits per heavy atom. The van der Waals surface area contributed by atoms with Gasteiger partial charge < -0.3 is 4.90 Å². The van der Waals surface area contributed by atoms with Gasteiger partial charge in [0.1, 0.15) is 0 Å². The summed E-state index contributed by atoms with van der Waals surface area (Å²) >= 11 is 0. The van der Waals surface area contributed by atoms with Crippen molar-refractivity contribution in [2.45, 2.75) is 25.6 Å². The molecule has 116 valence electrons. The van der Waals surface area contributed by atoms with Crippen molar-refractivity contribution in [1.29, 1.82) is 0 Å². The van der Waals surface area contributed by atoms with Crippen molar-refractivity contribution in [3.8, 4) is 0 Å². The molecule has 2 fully saturated rings. The Bertz CT molecular complexity index is 516. The molecule has 0 atom stereocenters. The van der Waals surface area contributed by atoms with E-state index in [0.29, 0.717) is 38.4 Å². The van der Waals surface area contributed by atoms with E-state index in [9.17, 15) is 18.0 Å². The summed E-state index contributed by atoms with van der Waals surface area (Å²) < 4.78 is 37.4. The van der Waals surface area contributed by atoms with E-state index in [2.05, 4.69) is 10.2 Å². The van der Waals surface area contributed by atoms with E-state index < -0.39 is 11.9 Å². The number of halogens is 3. The highest BCUT2D eigenvalue weighted by Gasteiger charge is 2.35. The summed E-state index contributed by atoms with van der Waals surface area (Å²) in [6.07, 6.45) is -2.43. The van der Waals surface area contributed by atoms with Crippen molar-refractivity contribution in [3.05, 3.63) is 17.5 Å². The number of H-pyrrole nitrogens is 1. The Labute approximate surface area is 120 Å². The van der Waals surface area contributed by atoms with Crippen LogP contribution in [-0.4, -0.2) is 52.1 Å². The van der Waals surface area contributed by atoms with E-state index in [1.54, 1.807) is 0 Å². The minimum atomic E-state index is -4.41. The lowest BCUT2D eigenvalue weighted by Gasteiger charge is -2.34. The second kappa shape index (κ2) is 5.32. The number of hydrogen-bond donors (Lipinski definition) is 1. The third-order valence-corrected chi connectivity index (χ3v) is 3.93. The number of hydrogen-bond acceptors (Lipinski definition) is 3. The second-order valence-corrected chi connectivity index (χ2v) is 5.65. The summed E-state index contributed by atoms with van der Waals surface area (Å²) in [6.45, 7) is 3.05. The molecule has 1 aromatic rings. The van der Waals surface area contributed by atoms with Crippen LogP contribution in [0.5, 0.6) is 0 Å². The van der Waals surface area contributed by atoms with Gasteiger partial charge in [-0.05, 0) is 18.9 Å². The van der Waals surface area contributed by atoms with Crippen LogP contribution in [0, 0.1) is 5.92 Å². The van der Waals surface area contributed by atoms with Gasteiger partial charge in [-0.25, -0.2) is 0 Å². The molecule has 21 heavy (non-hydrogen) atoms. The van der Waals surface area contributed by atoms with Gasteiger partial charge in [-0.1, -0.05) is 0 Å². The minimum absolute atomic E-state index is 0.221. The van der Waals surface area contributed by atoms with Crippen LogP contribution in [0.1, 0.15) is 24.2 Å². The van der Waals surface area contributed by atoms with Crippen LogP contribution in [0.4, 0.5) is 13.2 Å². The Morgan fingerprint density at radius 2 is 1.95 bits per heavy atom. The van der Waals surface area contributed by atoms with Gasteiger partial charge in [0.25, 0.3) is 0 Å². The third kappa shape index (κ3) is 3.37. The van der Waals surface area contributed by atoms with Gasteiger partial charge in [-0.2, -0.15) is 18.3 Å². The van der Waals surface area contributed by atoms with Gasteiger partial charge >= 0.3 is 6.18 Å². The van der Waals surface area contributed by atoms with Crippen LogP contribution in [0.15, 0.2) is 6.07 Å². The van der Waals surface area contributed by atoms with Crippen molar-refractivity contribution in [2.24, 2.45) is 5.92 Å². The topological polar surface area (TPSA) is 52.2 Å². The average Bonchev–Trinajstić information content (AvgIpc) is 3.17. The van der Waals surface area contributed by atoms with Gasteiger partial charge in [-0.15, -0.1) is 0 Å². The molecule has 5 nitrogen and oxygen atoms in total. The Balaban J connectivity index is 1.51. The zero-order valence-corrected chi connectivity index (χ0v) is 11.5. The van der Waals surface area contributed by atoms with E-state index in [4.69, 9.17) is 0 Å². The molecule has 1 saturated heterocycles. The molecule has 3 rings (SSSR count). The van der Waals surface area contributed by atoms with Gasteiger partial charge in [0.05, 0.1) is 0 Å². The van der Waals surface area contributed by atoms with E-state index in [1.165, 1.54) is 0 Å². The monoisotopic (exact) mass is 302 g/mol. The molecule has 0 spiro atoms. The van der Waals surface area contributed by atoms with Gasteiger partial charge in [0, 0.05) is 44.3 Å². The highest BCUT2D eigenvalue weighted by molar-refractivity contribution is 5.81. The average molecular weight is 302 g/mol. The van der Waals surface area contributed by atoms with E-state index in [-0.39, 0.29) is 11.8 Å². The first kappa shape index (κ1) is 14.4. The molecule has 1 aliphatic carbocycles. The number of amides is 1. The van der Waals surface area contributed by atoms with Crippen molar-refractivity contribution in [2.75, 3.05) is 26.2 Å². The van der Waals surface area contributed by atoms with Crippen LogP contribution in [-0.2, 0) is 17.5 Å². The number of carbonyl (C=O) groups is 1. The molecule has 0 radical (unpaired) electrons. The van der Waals surface area contributed by atoms with Crippen LogP contribution >= 0.6 is 0 Å². The first-order chi connectivity index (χ1) is 9.93. The number of piperazine rings is 1. The van der Waals surface area contributed by atoms with Crippen LogP contribution < -0.4 is 0 Å². The third-order valence-electron chi connectivity index (χ3n) is 3.93. The first-order valence-electron chi connectivity index (χ1n) is 7.06. The van der Waals surface area contributed by atoms with Crippen molar-refractivity contribution < 1.29 is 18.0 Å². The van der Waals surface area contributed by atoms with Crippen molar-refractivity contribution in [3.63, 3.8) is 0 Å². The van der Waals surface area contributed by atoms with E-state index in [0.717, 1.165) is 18.9 Å². The molecule has 0 aromatic carbocycles. The standard InChI is InChI=1S/C13H17F3N4O/c14-13(15,16)11-7-10(17-18-11)8-19-3-5-20(6-4-19)12(21)9-1-2-9/h7,9H,1-6,8H2,(H,17,18). The zero-order chi connectivity index (χ0) is 15.0. The maximum Gasteiger partial charge on any atom is 0.435 e. The predicted octanol–water partition coefficient (Wildman–Crippen LogP) is 1.48. The maximum atomic E-state index is 12.5. The highest BCUT2D eigenvalue weighted by Crippen LogP contribution is 2.31. The largest absolute Gasteiger partial charge is 0.435 e. The lowest BCUT2D eigenvalue weighted by Crippen LogP contribution is -2.48. The molecule has 2 heterocycles. The van der Waals surface area contributed by atoms with Crippen molar-refractivity contribution in [1.82, 2.24) is 20.0 Å². The van der Waals surface area contributed by atoms with Crippen LogP contribution in [0.25, 0.3) is 0 Å². The molecular formula is C13H17F3N4O. The van der Waals surface area contributed by atoms with Gasteiger partial charge in [-0.3, -0.25) is 14.8 Å². The Kier molecular flexibility index (Phi) is 3.64. The Morgan fingerprint density at radius 1 is 1.29 bits per heavy atom. The quantitative estimate of drug-likeness (QED) is 0.920. The molecule has 1 aromatic heterocycles. The SMILES string of the molecule is O=C(C1CC1)N1CCN(Cc2cc(C(F)(F)F)n[nH]2)CC1. The summed E-state index contributed by atoms with van der Waals surface area (Å²) in [7, 11) is 0. The number of rotatable bonds is 3. The zero-order valence-electron chi connectivity index (χ0n) is 11.5. The van der Waals surface area contributed by atoms with Crippen molar-refractivity contribution >= 4 is 5.91 Å². The maximum absolute atomic E-state index is 12.5. The summed E-state index contributed by atoms with van der Waals surface area (Å²) in [5, 5.41) is 5.72.